The predicted molar refractivity (Wildman–Crippen MR) is 80.1 cm³/mol. The summed E-state index contributed by atoms with van der Waals surface area (Å²) < 4.78 is 10.3. The minimum absolute atomic E-state index is 0.0794. The molecule has 0 saturated carbocycles. The maximum absolute atomic E-state index is 12.1. The fraction of sp³-hybridized carbons (Fsp3) is 0.867. The average molecular weight is 300 g/mol. The maximum Gasteiger partial charge on any atom is 0.410 e. The molecule has 0 aliphatic carbocycles. The molecule has 0 bridgehead atoms. The molecular weight excluding hydrogens is 272 g/mol. The summed E-state index contributed by atoms with van der Waals surface area (Å²) in [5.41, 5.74) is -0.474. The molecule has 0 radical (unpaired) electrons. The summed E-state index contributed by atoms with van der Waals surface area (Å²) in [7, 11) is 0. The van der Waals surface area contributed by atoms with Crippen molar-refractivity contribution in [1.82, 2.24) is 9.80 Å². The molecular formula is C15H28N2O4. The third-order valence-corrected chi connectivity index (χ3v) is 3.28. The van der Waals surface area contributed by atoms with Crippen molar-refractivity contribution in [2.75, 3.05) is 32.8 Å². The Hall–Kier alpha value is -1.30. The second-order valence-corrected chi connectivity index (χ2v) is 6.38. The van der Waals surface area contributed by atoms with Gasteiger partial charge < -0.3 is 14.4 Å². The Kier molecular flexibility index (Phi) is 6.45. The molecule has 0 aromatic rings. The zero-order valence-corrected chi connectivity index (χ0v) is 13.8. The number of hydrogen-bond acceptors (Lipinski definition) is 5. The van der Waals surface area contributed by atoms with Crippen LogP contribution in [-0.2, 0) is 14.3 Å². The lowest BCUT2D eigenvalue weighted by Gasteiger charge is -2.40. The summed E-state index contributed by atoms with van der Waals surface area (Å²) in [5, 5.41) is 0. The van der Waals surface area contributed by atoms with Crippen LogP contribution in [0.4, 0.5) is 4.79 Å². The lowest BCUT2D eigenvalue weighted by molar-refractivity contribution is -0.143. The van der Waals surface area contributed by atoms with E-state index in [9.17, 15) is 9.59 Å². The van der Waals surface area contributed by atoms with Gasteiger partial charge in [-0.05, 0) is 34.6 Å². The Morgan fingerprint density at radius 1 is 1.24 bits per heavy atom. The second-order valence-electron chi connectivity index (χ2n) is 6.38. The minimum atomic E-state index is -0.474. The van der Waals surface area contributed by atoms with Crippen LogP contribution >= 0.6 is 0 Å². The van der Waals surface area contributed by atoms with E-state index in [1.807, 2.05) is 27.7 Å². The number of piperazine rings is 1. The molecule has 0 spiro atoms. The van der Waals surface area contributed by atoms with Crippen LogP contribution in [0.3, 0.4) is 0 Å². The van der Waals surface area contributed by atoms with Crippen LogP contribution in [-0.4, -0.2) is 66.3 Å². The van der Waals surface area contributed by atoms with Gasteiger partial charge in [0.25, 0.3) is 0 Å². The van der Waals surface area contributed by atoms with Gasteiger partial charge in [-0.2, -0.15) is 0 Å². The van der Waals surface area contributed by atoms with Crippen LogP contribution < -0.4 is 0 Å². The average Bonchev–Trinajstić information content (AvgIpc) is 2.34. The largest absolute Gasteiger partial charge is 0.466 e. The number of ether oxygens (including phenoxy) is 2. The van der Waals surface area contributed by atoms with E-state index in [0.29, 0.717) is 26.1 Å². The van der Waals surface area contributed by atoms with Crippen LogP contribution in [0.1, 0.15) is 41.0 Å². The number of amides is 1. The summed E-state index contributed by atoms with van der Waals surface area (Å²) >= 11 is 0. The van der Waals surface area contributed by atoms with Gasteiger partial charge in [0, 0.05) is 32.2 Å². The molecule has 1 saturated heterocycles. The normalized spacial score (nSPS) is 20.2. The highest BCUT2D eigenvalue weighted by atomic mass is 16.6. The summed E-state index contributed by atoms with van der Waals surface area (Å²) in [4.78, 5) is 27.4. The lowest BCUT2D eigenvalue weighted by Crippen LogP contribution is -2.55. The molecule has 0 aromatic heterocycles. The van der Waals surface area contributed by atoms with Crippen LogP contribution in [0, 0.1) is 0 Å². The van der Waals surface area contributed by atoms with Crippen molar-refractivity contribution in [3.63, 3.8) is 0 Å². The maximum atomic E-state index is 12.1. The van der Waals surface area contributed by atoms with E-state index in [1.54, 1.807) is 11.8 Å². The van der Waals surface area contributed by atoms with Gasteiger partial charge in [-0.1, -0.05) is 0 Å². The molecule has 21 heavy (non-hydrogen) atoms. The van der Waals surface area contributed by atoms with Gasteiger partial charge in [0.1, 0.15) is 5.60 Å². The molecule has 0 N–H and O–H groups in total. The Bertz CT molecular complexity index is 365. The van der Waals surface area contributed by atoms with Crippen molar-refractivity contribution in [3.8, 4) is 0 Å². The van der Waals surface area contributed by atoms with E-state index in [2.05, 4.69) is 4.90 Å². The van der Waals surface area contributed by atoms with Crippen LogP contribution in [0.25, 0.3) is 0 Å². The Morgan fingerprint density at radius 3 is 2.43 bits per heavy atom. The van der Waals surface area contributed by atoms with E-state index >= 15 is 0 Å². The van der Waals surface area contributed by atoms with Crippen LogP contribution in [0.15, 0.2) is 0 Å². The number of carbonyl (C=O) groups excluding carboxylic acids is 2. The summed E-state index contributed by atoms with van der Waals surface area (Å²) in [5.74, 6) is -0.167. The molecule has 6 heteroatoms. The van der Waals surface area contributed by atoms with Gasteiger partial charge in [-0.25, -0.2) is 4.79 Å². The number of esters is 1. The van der Waals surface area contributed by atoms with Crippen molar-refractivity contribution in [2.24, 2.45) is 0 Å². The van der Waals surface area contributed by atoms with Gasteiger partial charge in [0.15, 0.2) is 0 Å². The first-order valence-corrected chi connectivity index (χ1v) is 7.60. The first kappa shape index (κ1) is 17.8. The van der Waals surface area contributed by atoms with Crippen LogP contribution in [0.2, 0.25) is 0 Å². The fourth-order valence-corrected chi connectivity index (χ4v) is 2.31. The summed E-state index contributed by atoms with van der Waals surface area (Å²) in [6, 6.07) is 0.0794. The summed E-state index contributed by atoms with van der Waals surface area (Å²) in [6.07, 6.45) is 0.132. The third kappa shape index (κ3) is 6.33. The SMILES string of the molecule is CCOC(=O)CCN1CCN(C(=O)OC(C)(C)C)C(C)C1. The molecule has 1 heterocycles. The van der Waals surface area contributed by atoms with E-state index in [-0.39, 0.29) is 18.1 Å². The molecule has 1 unspecified atom stereocenters. The zero-order valence-electron chi connectivity index (χ0n) is 13.8. The minimum Gasteiger partial charge on any atom is -0.466 e. The highest BCUT2D eigenvalue weighted by molar-refractivity contribution is 5.69. The molecule has 0 aromatic carbocycles. The molecule has 1 rings (SSSR count). The van der Waals surface area contributed by atoms with E-state index in [1.165, 1.54) is 0 Å². The Balaban J connectivity index is 2.40. The molecule has 1 aliphatic rings. The standard InChI is InChI=1S/C15H28N2O4/c1-6-20-13(18)7-8-16-9-10-17(12(2)11-16)14(19)21-15(3,4)5/h12H,6-11H2,1-5H3. The van der Waals surface area contributed by atoms with Crippen molar-refractivity contribution in [3.05, 3.63) is 0 Å². The van der Waals surface area contributed by atoms with E-state index in [0.717, 1.165) is 13.1 Å². The van der Waals surface area contributed by atoms with E-state index < -0.39 is 5.60 Å². The fourth-order valence-electron chi connectivity index (χ4n) is 2.31. The predicted octanol–water partition coefficient (Wildman–Crippen LogP) is 1.88. The van der Waals surface area contributed by atoms with Gasteiger partial charge in [-0.15, -0.1) is 0 Å². The van der Waals surface area contributed by atoms with Gasteiger partial charge >= 0.3 is 12.1 Å². The third-order valence-electron chi connectivity index (χ3n) is 3.28. The molecule has 6 nitrogen and oxygen atoms in total. The molecule has 1 atom stereocenters. The van der Waals surface area contributed by atoms with E-state index in [4.69, 9.17) is 9.47 Å². The highest BCUT2D eigenvalue weighted by Gasteiger charge is 2.30. The van der Waals surface area contributed by atoms with Gasteiger partial charge in [0.2, 0.25) is 0 Å². The lowest BCUT2D eigenvalue weighted by atomic mass is 10.2. The molecule has 1 amide bonds. The molecule has 122 valence electrons. The number of rotatable bonds is 4. The topological polar surface area (TPSA) is 59.1 Å². The number of carbonyl (C=O) groups is 2. The smallest absolute Gasteiger partial charge is 0.410 e. The summed E-state index contributed by atoms with van der Waals surface area (Å²) in [6.45, 7) is 12.6. The first-order chi connectivity index (χ1) is 9.73. The Labute approximate surface area is 127 Å². The van der Waals surface area contributed by atoms with Crippen molar-refractivity contribution in [1.29, 1.82) is 0 Å². The highest BCUT2D eigenvalue weighted by Crippen LogP contribution is 2.15. The van der Waals surface area contributed by atoms with Crippen molar-refractivity contribution in [2.45, 2.75) is 52.7 Å². The van der Waals surface area contributed by atoms with Gasteiger partial charge in [0.05, 0.1) is 13.0 Å². The van der Waals surface area contributed by atoms with Crippen molar-refractivity contribution < 1.29 is 19.1 Å². The number of hydrogen-bond donors (Lipinski definition) is 0. The monoisotopic (exact) mass is 300 g/mol. The van der Waals surface area contributed by atoms with Crippen LogP contribution in [0.5, 0.6) is 0 Å². The Morgan fingerprint density at radius 2 is 1.90 bits per heavy atom. The number of nitrogens with zero attached hydrogens (tertiary/aromatic N) is 2. The van der Waals surface area contributed by atoms with Gasteiger partial charge in [-0.3, -0.25) is 9.69 Å². The quantitative estimate of drug-likeness (QED) is 0.742. The zero-order chi connectivity index (χ0) is 16.0. The molecule has 1 fully saturated rings. The first-order valence-electron chi connectivity index (χ1n) is 7.60. The second kappa shape index (κ2) is 7.64. The molecule has 1 aliphatic heterocycles. The van der Waals surface area contributed by atoms with Crippen molar-refractivity contribution >= 4 is 12.1 Å².